The third kappa shape index (κ3) is 4.44. The molecule has 0 spiro atoms. The fourth-order valence-corrected chi connectivity index (χ4v) is 5.83. The first-order chi connectivity index (χ1) is 16.4. The highest BCUT2D eigenvalue weighted by Crippen LogP contribution is 2.30. The highest BCUT2D eigenvalue weighted by atomic mass is 32.2. The fraction of sp³-hybridized carbons (Fsp3) is 0.174. The minimum absolute atomic E-state index is 0.124. The molecular weight excluding hydrogens is 477 g/mol. The molecule has 0 radical (unpaired) electrons. The van der Waals surface area contributed by atoms with Crippen LogP contribution in [0.4, 0.5) is 15.2 Å². The largest absolute Gasteiger partial charge is 0.345 e. The Morgan fingerprint density at radius 3 is 2.53 bits per heavy atom. The number of pyridine rings is 1. The van der Waals surface area contributed by atoms with Crippen molar-refractivity contribution in [3.63, 3.8) is 0 Å². The number of amides is 1. The lowest BCUT2D eigenvalue weighted by atomic mass is 10.1. The van der Waals surface area contributed by atoms with Gasteiger partial charge in [-0.25, -0.2) is 14.4 Å². The summed E-state index contributed by atoms with van der Waals surface area (Å²) < 4.78 is 42.2. The highest BCUT2D eigenvalue weighted by molar-refractivity contribution is 7.92. The molecule has 3 heterocycles. The lowest BCUT2D eigenvalue weighted by Crippen LogP contribution is -2.48. The van der Waals surface area contributed by atoms with E-state index in [1.165, 1.54) is 35.7 Å². The smallest absolute Gasteiger partial charge is 0.279 e. The van der Waals surface area contributed by atoms with Gasteiger partial charge in [0, 0.05) is 32.4 Å². The van der Waals surface area contributed by atoms with Crippen LogP contribution in [-0.2, 0) is 10.0 Å². The summed E-state index contributed by atoms with van der Waals surface area (Å²) in [4.78, 5) is 25.5. The number of anilines is 2. The van der Waals surface area contributed by atoms with Gasteiger partial charge < -0.3 is 9.80 Å². The summed E-state index contributed by atoms with van der Waals surface area (Å²) in [5.74, 6) is -0.555. The molecule has 1 N–H and O–H groups in total. The van der Waals surface area contributed by atoms with Crippen LogP contribution in [0.25, 0.3) is 10.2 Å². The average molecular weight is 498 g/mol. The molecule has 4 aromatic rings. The number of halogens is 1. The van der Waals surface area contributed by atoms with Crippen LogP contribution in [-0.4, -0.2) is 55.4 Å². The predicted molar refractivity (Wildman–Crippen MR) is 129 cm³/mol. The summed E-state index contributed by atoms with van der Waals surface area (Å²) in [5, 5.41) is 0.665. The zero-order chi connectivity index (χ0) is 23.7. The number of aromatic nitrogens is 2. The van der Waals surface area contributed by atoms with E-state index in [1.807, 2.05) is 0 Å². The average Bonchev–Trinajstić information content (AvgIpc) is 3.28. The third-order valence-corrected chi connectivity index (χ3v) is 7.85. The Hall–Kier alpha value is -3.57. The number of hydrogen-bond acceptors (Lipinski definition) is 7. The Morgan fingerprint density at radius 2 is 1.76 bits per heavy atom. The monoisotopic (exact) mass is 497 g/mol. The van der Waals surface area contributed by atoms with E-state index in [2.05, 4.69) is 19.6 Å². The first-order valence-corrected chi connectivity index (χ1v) is 12.8. The number of rotatable bonds is 5. The van der Waals surface area contributed by atoms with E-state index in [1.54, 1.807) is 47.4 Å². The van der Waals surface area contributed by atoms with E-state index in [0.717, 1.165) is 15.3 Å². The van der Waals surface area contributed by atoms with Crippen LogP contribution in [0.1, 0.15) is 10.4 Å². The summed E-state index contributed by atoms with van der Waals surface area (Å²) in [6, 6.07) is 15.7. The van der Waals surface area contributed by atoms with Crippen molar-refractivity contribution in [1.29, 1.82) is 0 Å². The Morgan fingerprint density at radius 1 is 1.00 bits per heavy atom. The van der Waals surface area contributed by atoms with Crippen LogP contribution in [0.3, 0.4) is 0 Å². The standard InChI is InChI=1S/C23H20FN5O3S2/c24-16-8-9-19-20(15-16)33-23(26-19)29-13-11-28(12-14-29)22(30)17-5-1-2-6-18(17)27-34(31,32)21-7-3-4-10-25-21/h1-10,15,27H,11-14H2. The van der Waals surface area contributed by atoms with E-state index in [4.69, 9.17) is 0 Å². The van der Waals surface area contributed by atoms with Crippen LogP contribution in [0.5, 0.6) is 0 Å². The van der Waals surface area contributed by atoms with Crippen molar-refractivity contribution >= 4 is 48.3 Å². The van der Waals surface area contributed by atoms with Gasteiger partial charge in [-0.05, 0) is 42.5 Å². The lowest BCUT2D eigenvalue weighted by Gasteiger charge is -2.34. The number of carbonyl (C=O) groups excluding carboxylic acids is 1. The molecule has 1 fully saturated rings. The number of thiazole rings is 1. The summed E-state index contributed by atoms with van der Waals surface area (Å²) in [6.07, 6.45) is 1.40. The molecule has 2 aromatic carbocycles. The third-order valence-electron chi connectivity index (χ3n) is 5.49. The second kappa shape index (κ2) is 8.99. The molecule has 34 heavy (non-hydrogen) atoms. The molecule has 1 aliphatic rings. The van der Waals surface area contributed by atoms with Gasteiger partial charge in [-0.1, -0.05) is 29.5 Å². The molecule has 0 saturated carbocycles. The normalized spacial score (nSPS) is 14.4. The summed E-state index contributed by atoms with van der Waals surface area (Å²) in [7, 11) is -3.93. The van der Waals surface area contributed by atoms with Crippen LogP contribution in [0.15, 0.2) is 71.9 Å². The van der Waals surface area contributed by atoms with Gasteiger partial charge in [0.1, 0.15) is 5.82 Å². The second-order valence-corrected chi connectivity index (χ2v) is 10.3. The van der Waals surface area contributed by atoms with Crippen LogP contribution in [0, 0.1) is 5.82 Å². The van der Waals surface area contributed by atoms with Crippen LogP contribution < -0.4 is 9.62 Å². The molecule has 5 rings (SSSR count). The number of para-hydroxylation sites is 1. The molecule has 0 unspecified atom stereocenters. The number of sulfonamides is 1. The zero-order valence-electron chi connectivity index (χ0n) is 17.9. The van der Waals surface area contributed by atoms with Crippen molar-refractivity contribution in [2.24, 2.45) is 0 Å². The molecule has 0 atom stereocenters. The Bertz CT molecular complexity index is 1450. The first-order valence-electron chi connectivity index (χ1n) is 10.5. The summed E-state index contributed by atoms with van der Waals surface area (Å²) >= 11 is 1.42. The maximum absolute atomic E-state index is 13.5. The van der Waals surface area contributed by atoms with Crippen LogP contribution >= 0.6 is 11.3 Å². The number of hydrogen-bond donors (Lipinski definition) is 1. The molecule has 11 heteroatoms. The maximum atomic E-state index is 13.5. The summed E-state index contributed by atoms with van der Waals surface area (Å²) in [6.45, 7) is 2.03. The van der Waals surface area contributed by atoms with Crippen molar-refractivity contribution in [3.8, 4) is 0 Å². The number of carbonyl (C=O) groups is 1. The van der Waals surface area contributed by atoms with E-state index in [0.29, 0.717) is 26.2 Å². The van der Waals surface area contributed by atoms with Gasteiger partial charge in [0.15, 0.2) is 10.2 Å². The van der Waals surface area contributed by atoms with Crippen molar-refractivity contribution < 1.29 is 17.6 Å². The number of benzene rings is 2. The van der Waals surface area contributed by atoms with Gasteiger partial charge >= 0.3 is 0 Å². The highest BCUT2D eigenvalue weighted by Gasteiger charge is 2.26. The number of nitrogens with zero attached hydrogens (tertiary/aromatic N) is 4. The molecule has 0 aliphatic carbocycles. The summed E-state index contributed by atoms with van der Waals surface area (Å²) in [5.41, 5.74) is 1.22. The molecule has 174 valence electrons. The van der Waals surface area contributed by atoms with Gasteiger partial charge in [0.2, 0.25) is 0 Å². The number of nitrogens with one attached hydrogen (secondary N) is 1. The van der Waals surface area contributed by atoms with E-state index in [-0.39, 0.29) is 28.0 Å². The van der Waals surface area contributed by atoms with Crippen molar-refractivity contribution in [2.45, 2.75) is 5.03 Å². The Balaban J connectivity index is 1.30. The lowest BCUT2D eigenvalue weighted by molar-refractivity contribution is 0.0748. The van der Waals surface area contributed by atoms with Crippen molar-refractivity contribution in [3.05, 3.63) is 78.2 Å². The predicted octanol–water partition coefficient (Wildman–Crippen LogP) is 3.59. The fourth-order valence-electron chi connectivity index (χ4n) is 3.75. The molecule has 0 bridgehead atoms. The quantitative estimate of drug-likeness (QED) is 0.453. The first kappa shape index (κ1) is 22.2. The zero-order valence-corrected chi connectivity index (χ0v) is 19.5. The van der Waals surface area contributed by atoms with E-state index in [9.17, 15) is 17.6 Å². The Labute approximate surface area is 199 Å². The van der Waals surface area contributed by atoms with Crippen molar-refractivity contribution in [2.75, 3.05) is 35.8 Å². The van der Waals surface area contributed by atoms with Gasteiger partial charge in [-0.2, -0.15) is 8.42 Å². The molecule has 1 aliphatic heterocycles. The van der Waals surface area contributed by atoms with Gasteiger partial charge in [0.25, 0.3) is 15.9 Å². The maximum Gasteiger partial charge on any atom is 0.279 e. The second-order valence-electron chi connectivity index (χ2n) is 7.71. The number of fused-ring (bicyclic) bond motifs is 1. The van der Waals surface area contributed by atoms with Crippen LogP contribution in [0.2, 0.25) is 0 Å². The van der Waals surface area contributed by atoms with E-state index < -0.39 is 10.0 Å². The molecular formula is C23H20FN5O3S2. The molecule has 1 amide bonds. The minimum Gasteiger partial charge on any atom is -0.345 e. The molecule has 1 saturated heterocycles. The Kier molecular flexibility index (Phi) is 5.88. The SMILES string of the molecule is O=C(c1ccccc1NS(=O)(=O)c1ccccn1)N1CCN(c2nc3ccc(F)cc3s2)CC1. The van der Waals surface area contributed by atoms with Gasteiger partial charge in [-0.3, -0.25) is 9.52 Å². The van der Waals surface area contributed by atoms with Gasteiger partial charge in [0.05, 0.1) is 21.5 Å². The number of piperazine rings is 1. The minimum atomic E-state index is -3.93. The molecule has 8 nitrogen and oxygen atoms in total. The molecule has 2 aromatic heterocycles. The van der Waals surface area contributed by atoms with Gasteiger partial charge in [-0.15, -0.1) is 0 Å². The topological polar surface area (TPSA) is 95.5 Å². The van der Waals surface area contributed by atoms with Crippen molar-refractivity contribution in [1.82, 2.24) is 14.9 Å². The van der Waals surface area contributed by atoms with E-state index >= 15 is 0 Å².